The zero-order chi connectivity index (χ0) is 10.0. The molecule has 1 fully saturated rings. The zero-order valence-electron chi connectivity index (χ0n) is 8.78. The Bertz CT molecular complexity index is 208. The van der Waals surface area contributed by atoms with E-state index in [1.165, 1.54) is 12.8 Å². The third-order valence-corrected chi connectivity index (χ3v) is 3.75. The summed E-state index contributed by atoms with van der Waals surface area (Å²) in [6.07, 6.45) is 11.8. The Morgan fingerprint density at radius 1 is 1.21 bits per heavy atom. The van der Waals surface area contributed by atoms with Crippen molar-refractivity contribution in [2.75, 3.05) is 0 Å². The van der Waals surface area contributed by atoms with Crippen LogP contribution in [0.25, 0.3) is 0 Å². The highest BCUT2D eigenvalue weighted by molar-refractivity contribution is 4.99. The van der Waals surface area contributed by atoms with Gasteiger partial charge in [-0.15, -0.1) is 0 Å². The van der Waals surface area contributed by atoms with E-state index in [0.29, 0.717) is 0 Å². The van der Waals surface area contributed by atoms with Crippen molar-refractivity contribution in [2.24, 2.45) is 11.7 Å². The molecular formula is C12H21NO. The molecule has 0 bridgehead atoms. The van der Waals surface area contributed by atoms with E-state index >= 15 is 0 Å². The van der Waals surface area contributed by atoms with E-state index in [1.807, 2.05) is 0 Å². The third kappa shape index (κ3) is 2.37. The number of aliphatic hydroxyl groups excluding tert-OH is 1. The predicted molar refractivity (Wildman–Crippen MR) is 57.9 cm³/mol. The van der Waals surface area contributed by atoms with Gasteiger partial charge in [-0.2, -0.15) is 0 Å². The number of allylic oxidation sites excluding steroid dienone is 2. The van der Waals surface area contributed by atoms with Gasteiger partial charge in [-0.25, -0.2) is 0 Å². The molecule has 2 aliphatic carbocycles. The van der Waals surface area contributed by atoms with Crippen LogP contribution in [0.15, 0.2) is 12.2 Å². The molecule has 0 aromatic heterocycles. The Morgan fingerprint density at radius 2 is 1.79 bits per heavy atom. The second-order valence-electron chi connectivity index (χ2n) is 5.11. The molecular weight excluding hydrogens is 174 g/mol. The number of aliphatic hydroxyl groups is 1. The molecule has 0 spiro atoms. The Balaban J connectivity index is 1.83. The Morgan fingerprint density at radius 3 is 2.36 bits per heavy atom. The molecule has 0 aliphatic heterocycles. The fourth-order valence-corrected chi connectivity index (χ4v) is 2.80. The maximum absolute atomic E-state index is 9.43. The van der Waals surface area contributed by atoms with Crippen LogP contribution < -0.4 is 5.73 Å². The number of hydrogen-bond acceptors (Lipinski definition) is 2. The van der Waals surface area contributed by atoms with Crippen molar-refractivity contribution in [3.05, 3.63) is 12.2 Å². The first kappa shape index (κ1) is 10.2. The highest BCUT2D eigenvalue weighted by Gasteiger charge is 2.33. The van der Waals surface area contributed by atoms with Crippen molar-refractivity contribution in [2.45, 2.75) is 56.6 Å². The minimum absolute atomic E-state index is 0.0237. The van der Waals surface area contributed by atoms with Gasteiger partial charge in [0, 0.05) is 5.54 Å². The Hall–Kier alpha value is -0.340. The van der Waals surface area contributed by atoms with Gasteiger partial charge in [0.2, 0.25) is 0 Å². The molecule has 0 aromatic rings. The molecule has 80 valence electrons. The normalized spacial score (nSPS) is 39.1. The maximum Gasteiger partial charge on any atom is 0.0541 e. The SMILES string of the molecule is NC1(CC2CC=CC2)CCC(O)CC1. The summed E-state index contributed by atoms with van der Waals surface area (Å²) >= 11 is 0. The van der Waals surface area contributed by atoms with Crippen molar-refractivity contribution in [3.8, 4) is 0 Å². The van der Waals surface area contributed by atoms with Crippen molar-refractivity contribution >= 4 is 0 Å². The van der Waals surface area contributed by atoms with Gasteiger partial charge in [-0.3, -0.25) is 0 Å². The second kappa shape index (κ2) is 4.03. The zero-order valence-corrected chi connectivity index (χ0v) is 8.78. The Kier molecular flexibility index (Phi) is 2.93. The molecule has 0 saturated heterocycles. The minimum atomic E-state index is -0.0895. The molecule has 0 heterocycles. The van der Waals surface area contributed by atoms with Crippen LogP contribution >= 0.6 is 0 Å². The van der Waals surface area contributed by atoms with Gasteiger partial charge in [-0.05, 0) is 50.9 Å². The highest BCUT2D eigenvalue weighted by Crippen LogP contribution is 2.35. The topological polar surface area (TPSA) is 46.2 Å². The molecule has 0 atom stereocenters. The van der Waals surface area contributed by atoms with Crippen molar-refractivity contribution in [1.82, 2.24) is 0 Å². The summed E-state index contributed by atoms with van der Waals surface area (Å²) in [5, 5.41) is 9.43. The van der Waals surface area contributed by atoms with E-state index in [-0.39, 0.29) is 11.6 Å². The lowest BCUT2D eigenvalue weighted by molar-refractivity contribution is 0.0887. The van der Waals surface area contributed by atoms with Crippen LogP contribution in [0.1, 0.15) is 44.9 Å². The lowest BCUT2D eigenvalue weighted by Crippen LogP contribution is -2.45. The molecule has 2 nitrogen and oxygen atoms in total. The largest absolute Gasteiger partial charge is 0.393 e. The third-order valence-electron chi connectivity index (χ3n) is 3.75. The molecule has 3 N–H and O–H groups in total. The molecule has 2 rings (SSSR count). The van der Waals surface area contributed by atoms with Gasteiger partial charge in [0.05, 0.1) is 6.10 Å². The second-order valence-corrected chi connectivity index (χ2v) is 5.11. The van der Waals surface area contributed by atoms with E-state index in [0.717, 1.165) is 38.0 Å². The summed E-state index contributed by atoms with van der Waals surface area (Å²) in [5.41, 5.74) is 6.39. The van der Waals surface area contributed by atoms with Crippen LogP contribution in [0.3, 0.4) is 0 Å². The van der Waals surface area contributed by atoms with Crippen LogP contribution in [-0.4, -0.2) is 16.7 Å². The monoisotopic (exact) mass is 195 g/mol. The van der Waals surface area contributed by atoms with Gasteiger partial charge >= 0.3 is 0 Å². The van der Waals surface area contributed by atoms with Crippen LogP contribution in [0, 0.1) is 5.92 Å². The van der Waals surface area contributed by atoms with Gasteiger partial charge < -0.3 is 10.8 Å². The van der Waals surface area contributed by atoms with Gasteiger partial charge in [0.25, 0.3) is 0 Å². The number of rotatable bonds is 2. The van der Waals surface area contributed by atoms with Gasteiger partial charge in [0.1, 0.15) is 0 Å². The van der Waals surface area contributed by atoms with E-state index in [2.05, 4.69) is 12.2 Å². The van der Waals surface area contributed by atoms with Crippen LogP contribution in [-0.2, 0) is 0 Å². The predicted octanol–water partition coefficient (Wildman–Crippen LogP) is 1.98. The first-order valence-electron chi connectivity index (χ1n) is 5.80. The molecule has 2 heteroatoms. The molecule has 0 unspecified atom stereocenters. The molecule has 14 heavy (non-hydrogen) atoms. The summed E-state index contributed by atoms with van der Waals surface area (Å²) in [7, 11) is 0. The van der Waals surface area contributed by atoms with Crippen LogP contribution in [0.4, 0.5) is 0 Å². The van der Waals surface area contributed by atoms with E-state index < -0.39 is 0 Å². The van der Waals surface area contributed by atoms with E-state index in [9.17, 15) is 5.11 Å². The van der Waals surface area contributed by atoms with Crippen molar-refractivity contribution < 1.29 is 5.11 Å². The average Bonchev–Trinajstić information content (AvgIpc) is 2.63. The number of nitrogens with two attached hydrogens (primary N) is 1. The first-order valence-corrected chi connectivity index (χ1v) is 5.80. The van der Waals surface area contributed by atoms with Crippen molar-refractivity contribution in [1.29, 1.82) is 0 Å². The fraction of sp³-hybridized carbons (Fsp3) is 0.833. The summed E-state index contributed by atoms with van der Waals surface area (Å²) in [4.78, 5) is 0. The number of hydrogen-bond donors (Lipinski definition) is 2. The summed E-state index contributed by atoms with van der Waals surface area (Å²) in [5.74, 6) is 0.773. The fourth-order valence-electron chi connectivity index (χ4n) is 2.80. The first-order chi connectivity index (χ1) is 6.68. The van der Waals surface area contributed by atoms with Crippen molar-refractivity contribution in [3.63, 3.8) is 0 Å². The lowest BCUT2D eigenvalue weighted by Gasteiger charge is -2.37. The molecule has 0 aromatic carbocycles. The molecule has 0 amide bonds. The van der Waals surface area contributed by atoms with Gasteiger partial charge in [-0.1, -0.05) is 12.2 Å². The van der Waals surface area contributed by atoms with Gasteiger partial charge in [0.15, 0.2) is 0 Å². The quantitative estimate of drug-likeness (QED) is 0.662. The highest BCUT2D eigenvalue weighted by atomic mass is 16.3. The van der Waals surface area contributed by atoms with Crippen LogP contribution in [0.2, 0.25) is 0 Å². The Labute approximate surface area is 86.2 Å². The minimum Gasteiger partial charge on any atom is -0.393 e. The summed E-state index contributed by atoms with van der Waals surface area (Å²) in [6, 6.07) is 0. The molecule has 2 aliphatic rings. The summed E-state index contributed by atoms with van der Waals surface area (Å²) in [6.45, 7) is 0. The average molecular weight is 195 g/mol. The molecule has 1 saturated carbocycles. The summed E-state index contributed by atoms with van der Waals surface area (Å²) < 4.78 is 0. The van der Waals surface area contributed by atoms with Crippen LogP contribution in [0.5, 0.6) is 0 Å². The van der Waals surface area contributed by atoms with E-state index in [1.54, 1.807) is 0 Å². The standard InChI is InChI=1S/C12H21NO/c13-12(7-5-11(14)6-8-12)9-10-3-1-2-4-10/h1-2,10-11,14H,3-9,13H2. The van der Waals surface area contributed by atoms with E-state index in [4.69, 9.17) is 5.73 Å². The maximum atomic E-state index is 9.43. The lowest BCUT2D eigenvalue weighted by atomic mass is 9.75. The molecule has 0 radical (unpaired) electrons. The smallest absolute Gasteiger partial charge is 0.0541 e.